The number of nitrogens with one attached hydrogen (secondary N) is 1. The summed E-state index contributed by atoms with van der Waals surface area (Å²) in [5.74, 6) is 1.08. The average molecular weight is 281 g/mol. The monoisotopic (exact) mass is 281 g/mol. The van der Waals surface area contributed by atoms with Crippen molar-refractivity contribution in [1.82, 2.24) is 19.9 Å². The Bertz CT molecular complexity index is 770. The third-order valence-corrected chi connectivity index (χ3v) is 3.05. The molecule has 0 atom stereocenters. The summed E-state index contributed by atoms with van der Waals surface area (Å²) >= 11 is 0. The molecule has 1 N–H and O–H groups in total. The fraction of sp³-hybridized carbons (Fsp3) is 0.200. The fourth-order valence-electron chi connectivity index (χ4n) is 2.12. The Morgan fingerprint density at radius 2 is 2.05 bits per heavy atom. The zero-order chi connectivity index (χ0) is 14.7. The summed E-state index contributed by atoms with van der Waals surface area (Å²) in [6.07, 6.45) is 3.58. The minimum absolute atomic E-state index is 0.294. The molecule has 0 fully saturated rings. The number of hydrogen-bond donors (Lipinski definition) is 1. The van der Waals surface area contributed by atoms with Crippen molar-refractivity contribution in [2.24, 2.45) is 0 Å². The summed E-state index contributed by atoms with van der Waals surface area (Å²) in [6.45, 7) is 2.71. The minimum atomic E-state index is 0.294. The number of methoxy groups -OCH3 is 1. The van der Waals surface area contributed by atoms with Crippen molar-refractivity contribution in [3.05, 3.63) is 36.7 Å². The molecule has 0 unspecified atom stereocenters. The summed E-state index contributed by atoms with van der Waals surface area (Å²) < 4.78 is 5.16. The molecule has 0 amide bonds. The van der Waals surface area contributed by atoms with Gasteiger partial charge in [0.2, 0.25) is 5.95 Å². The quantitative estimate of drug-likeness (QED) is 0.792. The number of ether oxygens (including phenoxy) is 1. The fourth-order valence-corrected chi connectivity index (χ4v) is 2.12. The van der Waals surface area contributed by atoms with Crippen LogP contribution in [0.5, 0.6) is 6.01 Å². The molecular weight excluding hydrogens is 266 g/mol. The maximum absolute atomic E-state index is 5.16. The van der Waals surface area contributed by atoms with E-state index < -0.39 is 0 Å². The molecule has 3 rings (SSSR count). The Morgan fingerprint density at radius 1 is 1.14 bits per heavy atom. The van der Waals surface area contributed by atoms with E-state index in [0.717, 1.165) is 22.9 Å². The van der Waals surface area contributed by atoms with E-state index in [-0.39, 0.29) is 0 Å². The van der Waals surface area contributed by atoms with Crippen molar-refractivity contribution in [3.63, 3.8) is 0 Å². The van der Waals surface area contributed by atoms with Gasteiger partial charge in [0.25, 0.3) is 0 Å². The molecule has 21 heavy (non-hydrogen) atoms. The van der Waals surface area contributed by atoms with E-state index in [2.05, 4.69) is 25.3 Å². The highest BCUT2D eigenvalue weighted by atomic mass is 16.5. The van der Waals surface area contributed by atoms with Crippen LogP contribution in [0.25, 0.3) is 22.2 Å². The van der Waals surface area contributed by atoms with Crippen molar-refractivity contribution in [2.75, 3.05) is 19.0 Å². The van der Waals surface area contributed by atoms with Crippen molar-refractivity contribution < 1.29 is 4.74 Å². The van der Waals surface area contributed by atoms with Crippen LogP contribution < -0.4 is 10.1 Å². The number of rotatable bonds is 4. The van der Waals surface area contributed by atoms with Crippen LogP contribution in [-0.2, 0) is 0 Å². The van der Waals surface area contributed by atoms with Crippen LogP contribution in [0, 0.1) is 0 Å². The molecule has 0 saturated carbocycles. The van der Waals surface area contributed by atoms with Gasteiger partial charge in [-0.25, -0.2) is 0 Å². The van der Waals surface area contributed by atoms with Crippen molar-refractivity contribution in [1.29, 1.82) is 0 Å². The van der Waals surface area contributed by atoms with Crippen molar-refractivity contribution in [3.8, 4) is 17.4 Å². The SMILES string of the molecule is CCNc1nc(OC)nc(-c2cccc3cnccc23)n1. The van der Waals surface area contributed by atoms with Gasteiger partial charge in [0.05, 0.1) is 7.11 Å². The van der Waals surface area contributed by atoms with Crippen LogP contribution in [0.3, 0.4) is 0 Å². The smallest absolute Gasteiger partial charge is 0.321 e. The molecule has 0 aliphatic rings. The van der Waals surface area contributed by atoms with E-state index in [1.165, 1.54) is 0 Å². The van der Waals surface area contributed by atoms with Gasteiger partial charge in [-0.3, -0.25) is 4.98 Å². The molecule has 0 aliphatic carbocycles. The summed E-state index contributed by atoms with van der Waals surface area (Å²) in [5.41, 5.74) is 0.926. The van der Waals surface area contributed by atoms with Gasteiger partial charge in [0.15, 0.2) is 5.82 Å². The Kier molecular flexibility index (Phi) is 3.59. The topological polar surface area (TPSA) is 72.8 Å². The molecule has 2 heterocycles. The van der Waals surface area contributed by atoms with Gasteiger partial charge in [0, 0.05) is 29.9 Å². The molecular formula is C15H15N5O. The van der Waals surface area contributed by atoms with E-state index in [1.54, 1.807) is 13.3 Å². The second kappa shape index (κ2) is 5.70. The lowest BCUT2D eigenvalue weighted by Crippen LogP contribution is -2.06. The predicted octanol–water partition coefficient (Wildman–Crippen LogP) is 2.53. The van der Waals surface area contributed by atoms with E-state index in [0.29, 0.717) is 17.8 Å². The largest absolute Gasteiger partial charge is 0.467 e. The summed E-state index contributed by atoms with van der Waals surface area (Å²) in [4.78, 5) is 17.1. The first-order chi connectivity index (χ1) is 10.3. The van der Waals surface area contributed by atoms with Gasteiger partial charge in [-0.05, 0) is 18.4 Å². The zero-order valence-corrected chi connectivity index (χ0v) is 11.9. The summed E-state index contributed by atoms with van der Waals surface area (Å²) in [5, 5.41) is 5.17. The average Bonchev–Trinajstić information content (AvgIpc) is 2.54. The van der Waals surface area contributed by atoms with Crippen LogP contribution in [0.1, 0.15) is 6.92 Å². The first kappa shape index (κ1) is 13.2. The number of benzene rings is 1. The normalized spacial score (nSPS) is 10.6. The lowest BCUT2D eigenvalue weighted by molar-refractivity contribution is 0.379. The zero-order valence-electron chi connectivity index (χ0n) is 11.9. The van der Waals surface area contributed by atoms with Crippen LogP contribution in [0.2, 0.25) is 0 Å². The number of pyridine rings is 1. The van der Waals surface area contributed by atoms with Crippen molar-refractivity contribution >= 4 is 16.7 Å². The van der Waals surface area contributed by atoms with Crippen molar-refractivity contribution in [2.45, 2.75) is 6.92 Å². The highest BCUT2D eigenvalue weighted by molar-refractivity contribution is 5.94. The van der Waals surface area contributed by atoms with Gasteiger partial charge >= 0.3 is 6.01 Å². The summed E-state index contributed by atoms with van der Waals surface area (Å²) in [7, 11) is 1.54. The second-order valence-electron chi connectivity index (χ2n) is 4.40. The summed E-state index contributed by atoms with van der Waals surface area (Å²) in [6, 6.07) is 8.19. The standard InChI is InChI=1S/C15H15N5O/c1-3-17-14-18-13(19-15(20-14)21-2)12-6-4-5-10-9-16-8-7-11(10)12/h4-9H,3H2,1-2H3,(H,17,18,19,20). The number of hydrogen-bond acceptors (Lipinski definition) is 6. The van der Waals surface area contributed by atoms with Gasteiger partial charge in [-0.1, -0.05) is 18.2 Å². The first-order valence-corrected chi connectivity index (χ1v) is 6.69. The predicted molar refractivity (Wildman–Crippen MR) is 81.3 cm³/mol. The molecule has 1 aromatic carbocycles. The Labute approximate surface area is 122 Å². The minimum Gasteiger partial charge on any atom is -0.467 e. The Hall–Kier alpha value is -2.76. The molecule has 0 radical (unpaired) electrons. The highest BCUT2D eigenvalue weighted by Gasteiger charge is 2.11. The molecule has 0 saturated heterocycles. The van der Waals surface area contributed by atoms with Gasteiger partial charge in [-0.15, -0.1) is 0 Å². The van der Waals surface area contributed by atoms with Gasteiger partial charge in [0.1, 0.15) is 0 Å². The van der Waals surface area contributed by atoms with Crippen LogP contribution in [0.15, 0.2) is 36.7 Å². The highest BCUT2D eigenvalue weighted by Crippen LogP contribution is 2.26. The van der Waals surface area contributed by atoms with E-state index in [4.69, 9.17) is 4.74 Å². The molecule has 6 nitrogen and oxygen atoms in total. The molecule has 0 aliphatic heterocycles. The molecule has 0 spiro atoms. The lowest BCUT2D eigenvalue weighted by atomic mass is 10.1. The molecule has 6 heteroatoms. The maximum Gasteiger partial charge on any atom is 0.321 e. The second-order valence-corrected chi connectivity index (χ2v) is 4.40. The first-order valence-electron chi connectivity index (χ1n) is 6.69. The van der Waals surface area contributed by atoms with Crippen LogP contribution >= 0.6 is 0 Å². The number of aromatic nitrogens is 4. The lowest BCUT2D eigenvalue weighted by Gasteiger charge is -2.08. The number of fused-ring (bicyclic) bond motifs is 1. The molecule has 0 bridgehead atoms. The maximum atomic E-state index is 5.16. The van der Waals surface area contributed by atoms with Crippen LogP contribution in [0.4, 0.5) is 5.95 Å². The molecule has 2 aromatic heterocycles. The third-order valence-electron chi connectivity index (χ3n) is 3.05. The van der Waals surface area contributed by atoms with Crippen LogP contribution in [-0.4, -0.2) is 33.6 Å². The van der Waals surface area contributed by atoms with E-state index in [1.807, 2.05) is 37.4 Å². The Morgan fingerprint density at radius 3 is 2.86 bits per heavy atom. The molecule has 106 valence electrons. The van der Waals surface area contributed by atoms with E-state index in [9.17, 15) is 0 Å². The van der Waals surface area contributed by atoms with E-state index >= 15 is 0 Å². The third kappa shape index (κ3) is 2.60. The molecule has 3 aromatic rings. The Balaban J connectivity index is 2.20. The van der Waals surface area contributed by atoms with Gasteiger partial charge in [-0.2, -0.15) is 15.0 Å². The number of anilines is 1. The van der Waals surface area contributed by atoms with Gasteiger partial charge < -0.3 is 10.1 Å². The number of nitrogens with zero attached hydrogens (tertiary/aromatic N) is 4.